The van der Waals surface area contributed by atoms with Crippen molar-refractivity contribution in [3.63, 3.8) is 0 Å². The third-order valence-corrected chi connectivity index (χ3v) is 5.49. The molecule has 0 aromatic heterocycles. The van der Waals surface area contributed by atoms with Gasteiger partial charge >= 0.3 is 0 Å². The van der Waals surface area contributed by atoms with Gasteiger partial charge in [-0.25, -0.2) is 4.39 Å². The molecule has 2 aromatic carbocycles. The Bertz CT molecular complexity index is 654. The van der Waals surface area contributed by atoms with Crippen molar-refractivity contribution in [1.82, 2.24) is 0 Å². The van der Waals surface area contributed by atoms with Crippen LogP contribution in [0.25, 0.3) is 11.1 Å². The van der Waals surface area contributed by atoms with Gasteiger partial charge in [-0.3, -0.25) is 0 Å². The molecule has 0 unspecified atom stereocenters. The van der Waals surface area contributed by atoms with Crippen molar-refractivity contribution >= 4 is 0 Å². The first-order valence-corrected chi connectivity index (χ1v) is 9.09. The third-order valence-electron chi connectivity index (χ3n) is 5.49. The maximum atomic E-state index is 14.1. The monoisotopic (exact) mass is 326 g/mol. The first-order valence-electron chi connectivity index (χ1n) is 9.09. The maximum absolute atomic E-state index is 14.1. The van der Waals surface area contributed by atoms with Gasteiger partial charge in [0.2, 0.25) is 0 Å². The highest BCUT2D eigenvalue weighted by atomic mass is 19.1. The van der Waals surface area contributed by atoms with Gasteiger partial charge in [0.15, 0.2) is 0 Å². The van der Waals surface area contributed by atoms with Crippen LogP contribution in [0.5, 0.6) is 0 Å². The third kappa shape index (κ3) is 3.87. The highest BCUT2D eigenvalue weighted by molar-refractivity contribution is 5.64. The van der Waals surface area contributed by atoms with E-state index in [0.717, 1.165) is 17.0 Å². The lowest BCUT2D eigenvalue weighted by Gasteiger charge is -2.28. The minimum atomic E-state index is -0.198. The Labute approximate surface area is 144 Å². The number of hydrogen-bond acceptors (Lipinski definition) is 1. The van der Waals surface area contributed by atoms with Gasteiger partial charge in [0.05, 0.1) is 6.61 Å². The minimum Gasteiger partial charge on any atom is -0.380 e. The van der Waals surface area contributed by atoms with Gasteiger partial charge in [-0.2, -0.15) is 0 Å². The van der Waals surface area contributed by atoms with E-state index in [0.29, 0.717) is 18.1 Å². The van der Waals surface area contributed by atoms with Crippen LogP contribution in [0.4, 0.5) is 4.39 Å². The average molecular weight is 326 g/mol. The molecule has 1 fully saturated rings. The normalized spacial score (nSPS) is 21.0. The molecule has 1 aliphatic carbocycles. The predicted molar refractivity (Wildman–Crippen MR) is 97.5 cm³/mol. The molecule has 1 saturated carbocycles. The molecule has 0 N–H and O–H groups in total. The Morgan fingerprint density at radius 3 is 2.21 bits per heavy atom. The number of benzene rings is 2. The van der Waals surface area contributed by atoms with E-state index >= 15 is 0 Å². The molecule has 24 heavy (non-hydrogen) atoms. The van der Waals surface area contributed by atoms with Crippen molar-refractivity contribution in [2.75, 3.05) is 7.11 Å². The van der Waals surface area contributed by atoms with Crippen molar-refractivity contribution in [1.29, 1.82) is 0 Å². The number of halogens is 1. The minimum absolute atomic E-state index is 0.198. The molecule has 2 heteroatoms. The van der Waals surface area contributed by atoms with Crippen molar-refractivity contribution in [3.05, 3.63) is 59.4 Å². The molecule has 0 atom stereocenters. The van der Waals surface area contributed by atoms with Gasteiger partial charge in [0.25, 0.3) is 0 Å². The summed E-state index contributed by atoms with van der Waals surface area (Å²) in [5.41, 5.74) is 4.03. The average Bonchev–Trinajstić information content (AvgIpc) is 2.64. The molecule has 1 nitrogen and oxygen atoms in total. The van der Waals surface area contributed by atoms with Crippen molar-refractivity contribution in [2.24, 2.45) is 5.92 Å². The topological polar surface area (TPSA) is 9.23 Å². The molecule has 0 aliphatic heterocycles. The van der Waals surface area contributed by atoms with Crippen LogP contribution >= 0.6 is 0 Å². The molecule has 0 heterocycles. The molecular formula is C22H27FO. The van der Waals surface area contributed by atoms with E-state index in [-0.39, 0.29) is 5.82 Å². The second-order valence-corrected chi connectivity index (χ2v) is 6.99. The van der Waals surface area contributed by atoms with Crippen molar-refractivity contribution < 1.29 is 9.13 Å². The van der Waals surface area contributed by atoms with E-state index in [1.165, 1.54) is 37.7 Å². The standard InChI is InChI=1S/C22H27FO/c1-3-16-4-6-17(7-5-16)18-8-10-19(11-9-18)20-12-13-21(15-24-2)22(23)14-20/h8-14,16-17H,3-7,15H2,1-2H3/t16-,17-. The van der Waals surface area contributed by atoms with Crippen LogP contribution in [0.15, 0.2) is 42.5 Å². The second-order valence-electron chi connectivity index (χ2n) is 6.99. The summed E-state index contributed by atoms with van der Waals surface area (Å²) in [6.07, 6.45) is 6.64. The fourth-order valence-electron chi connectivity index (χ4n) is 3.85. The number of rotatable bonds is 5. The number of hydrogen-bond donors (Lipinski definition) is 0. The van der Waals surface area contributed by atoms with Gasteiger partial charge in [-0.1, -0.05) is 49.7 Å². The van der Waals surface area contributed by atoms with Crippen LogP contribution in [0, 0.1) is 11.7 Å². The highest BCUT2D eigenvalue weighted by Gasteiger charge is 2.21. The Morgan fingerprint density at radius 2 is 1.62 bits per heavy atom. The Hall–Kier alpha value is -1.67. The second kappa shape index (κ2) is 7.94. The lowest BCUT2D eigenvalue weighted by molar-refractivity contribution is 0.181. The first-order chi connectivity index (χ1) is 11.7. The van der Waals surface area contributed by atoms with Crippen LogP contribution in [-0.2, 0) is 11.3 Å². The lowest BCUT2D eigenvalue weighted by atomic mass is 9.77. The highest BCUT2D eigenvalue weighted by Crippen LogP contribution is 2.37. The van der Waals surface area contributed by atoms with Crippen LogP contribution < -0.4 is 0 Å². The van der Waals surface area contributed by atoms with Gasteiger partial charge in [0.1, 0.15) is 5.82 Å². The van der Waals surface area contributed by atoms with Gasteiger partial charge in [-0.05, 0) is 60.3 Å². The lowest BCUT2D eigenvalue weighted by Crippen LogP contribution is -2.12. The largest absolute Gasteiger partial charge is 0.380 e. The van der Waals surface area contributed by atoms with E-state index in [1.807, 2.05) is 12.1 Å². The van der Waals surface area contributed by atoms with E-state index < -0.39 is 0 Å². The molecule has 128 valence electrons. The van der Waals surface area contributed by atoms with Gasteiger partial charge < -0.3 is 4.74 Å². The molecule has 3 rings (SSSR count). The smallest absolute Gasteiger partial charge is 0.129 e. The zero-order valence-electron chi connectivity index (χ0n) is 14.7. The summed E-state index contributed by atoms with van der Waals surface area (Å²) in [5.74, 6) is 1.42. The van der Waals surface area contributed by atoms with Crippen LogP contribution in [0.3, 0.4) is 0 Å². The molecule has 0 saturated heterocycles. The summed E-state index contributed by atoms with van der Waals surface area (Å²) in [4.78, 5) is 0. The van der Waals surface area contributed by atoms with Crippen LogP contribution in [0.1, 0.15) is 56.1 Å². The predicted octanol–water partition coefficient (Wildman–Crippen LogP) is 6.32. The SMILES string of the molecule is CC[C@H]1CC[C@H](c2ccc(-c3ccc(COC)c(F)c3)cc2)CC1. The zero-order chi connectivity index (χ0) is 16.9. The van der Waals surface area contributed by atoms with Gasteiger partial charge in [-0.15, -0.1) is 0 Å². The fourth-order valence-corrected chi connectivity index (χ4v) is 3.85. The molecule has 0 radical (unpaired) electrons. The maximum Gasteiger partial charge on any atom is 0.129 e. The summed E-state index contributed by atoms with van der Waals surface area (Å²) in [6.45, 7) is 2.61. The van der Waals surface area contributed by atoms with Gasteiger partial charge in [0, 0.05) is 12.7 Å². The summed E-state index contributed by atoms with van der Waals surface area (Å²) in [5, 5.41) is 0. The Morgan fingerprint density at radius 1 is 0.958 bits per heavy atom. The van der Waals surface area contributed by atoms with E-state index in [2.05, 4.69) is 31.2 Å². The summed E-state index contributed by atoms with van der Waals surface area (Å²) in [7, 11) is 1.58. The quantitative estimate of drug-likeness (QED) is 0.624. The molecule has 2 aromatic rings. The van der Waals surface area contributed by atoms with Crippen LogP contribution in [0.2, 0.25) is 0 Å². The fraction of sp³-hybridized carbons (Fsp3) is 0.455. The summed E-state index contributed by atoms with van der Waals surface area (Å²) in [6, 6.07) is 14.1. The zero-order valence-corrected chi connectivity index (χ0v) is 14.7. The molecule has 0 amide bonds. The molecule has 0 spiro atoms. The van der Waals surface area contributed by atoms with E-state index in [1.54, 1.807) is 13.2 Å². The number of methoxy groups -OCH3 is 1. The van der Waals surface area contributed by atoms with Crippen LogP contribution in [-0.4, -0.2) is 7.11 Å². The number of ether oxygens (including phenoxy) is 1. The summed E-state index contributed by atoms with van der Waals surface area (Å²) < 4.78 is 19.1. The molecular weight excluding hydrogens is 299 g/mol. The first kappa shape index (κ1) is 17.2. The van der Waals surface area contributed by atoms with E-state index in [4.69, 9.17) is 4.74 Å². The molecule has 0 bridgehead atoms. The Balaban J connectivity index is 1.71. The molecule has 1 aliphatic rings. The summed E-state index contributed by atoms with van der Waals surface area (Å²) >= 11 is 0. The Kier molecular flexibility index (Phi) is 5.68. The van der Waals surface area contributed by atoms with Crippen molar-refractivity contribution in [2.45, 2.75) is 51.6 Å². The van der Waals surface area contributed by atoms with Crippen molar-refractivity contribution in [3.8, 4) is 11.1 Å². The van der Waals surface area contributed by atoms with E-state index in [9.17, 15) is 4.39 Å².